The van der Waals surface area contributed by atoms with Crippen molar-refractivity contribution in [2.75, 3.05) is 11.9 Å². The van der Waals surface area contributed by atoms with Crippen molar-refractivity contribution in [3.63, 3.8) is 0 Å². The SMILES string of the molecule is CCCNC(=S)Nc1cnn(Cc2cccc(F)c2)c1. The summed E-state index contributed by atoms with van der Waals surface area (Å²) in [4.78, 5) is 0. The predicted octanol–water partition coefficient (Wildman–Crippen LogP) is 2.77. The highest BCUT2D eigenvalue weighted by Gasteiger charge is 2.02. The summed E-state index contributed by atoms with van der Waals surface area (Å²) in [6.45, 7) is 3.44. The second-order valence-electron chi connectivity index (χ2n) is 4.44. The van der Waals surface area contributed by atoms with Gasteiger partial charge in [0.25, 0.3) is 0 Å². The molecular weight excluding hydrogens is 275 g/mol. The molecule has 106 valence electrons. The Kier molecular flexibility index (Phi) is 5.06. The Hall–Kier alpha value is -1.95. The van der Waals surface area contributed by atoms with E-state index in [1.807, 2.05) is 12.3 Å². The van der Waals surface area contributed by atoms with Crippen molar-refractivity contribution >= 4 is 23.0 Å². The van der Waals surface area contributed by atoms with Crippen molar-refractivity contribution in [1.29, 1.82) is 0 Å². The van der Waals surface area contributed by atoms with Gasteiger partial charge in [0.2, 0.25) is 0 Å². The van der Waals surface area contributed by atoms with Crippen molar-refractivity contribution in [3.8, 4) is 0 Å². The van der Waals surface area contributed by atoms with Crippen LogP contribution >= 0.6 is 12.2 Å². The molecule has 2 aromatic rings. The molecule has 0 fully saturated rings. The quantitative estimate of drug-likeness (QED) is 0.832. The number of nitrogens with zero attached hydrogens (tertiary/aromatic N) is 2. The summed E-state index contributed by atoms with van der Waals surface area (Å²) in [5.74, 6) is -0.238. The largest absolute Gasteiger partial charge is 0.362 e. The molecular formula is C14H17FN4S. The van der Waals surface area contributed by atoms with Gasteiger partial charge in [-0.05, 0) is 36.3 Å². The summed E-state index contributed by atoms with van der Waals surface area (Å²) < 4.78 is 14.8. The standard InChI is InChI=1S/C14H17FN4S/c1-2-6-16-14(20)18-13-8-17-19(10-13)9-11-4-3-5-12(15)7-11/h3-5,7-8,10H,2,6,9H2,1H3,(H2,16,18,20). The normalized spacial score (nSPS) is 10.3. The van der Waals surface area contributed by atoms with Gasteiger partial charge < -0.3 is 10.6 Å². The van der Waals surface area contributed by atoms with Crippen LogP contribution < -0.4 is 10.6 Å². The summed E-state index contributed by atoms with van der Waals surface area (Å²) in [6, 6.07) is 6.49. The molecule has 0 amide bonds. The van der Waals surface area contributed by atoms with Crippen molar-refractivity contribution in [2.24, 2.45) is 0 Å². The van der Waals surface area contributed by atoms with Gasteiger partial charge >= 0.3 is 0 Å². The average molecular weight is 292 g/mol. The van der Waals surface area contributed by atoms with Crippen LogP contribution in [0, 0.1) is 5.82 Å². The number of rotatable bonds is 5. The van der Waals surface area contributed by atoms with E-state index in [0.29, 0.717) is 11.7 Å². The molecule has 0 bridgehead atoms. The zero-order valence-corrected chi connectivity index (χ0v) is 12.1. The number of thiocarbonyl (C=S) groups is 1. The average Bonchev–Trinajstić information content (AvgIpc) is 2.83. The van der Waals surface area contributed by atoms with Gasteiger partial charge in [0.05, 0.1) is 18.4 Å². The lowest BCUT2D eigenvalue weighted by Crippen LogP contribution is -2.28. The monoisotopic (exact) mass is 292 g/mol. The van der Waals surface area contributed by atoms with E-state index in [4.69, 9.17) is 12.2 Å². The Morgan fingerprint density at radius 3 is 3.05 bits per heavy atom. The number of halogens is 1. The lowest BCUT2D eigenvalue weighted by molar-refractivity contribution is 0.619. The number of hydrogen-bond donors (Lipinski definition) is 2. The van der Waals surface area contributed by atoms with Gasteiger partial charge in [-0.15, -0.1) is 0 Å². The molecule has 6 heteroatoms. The van der Waals surface area contributed by atoms with Crippen molar-refractivity contribution in [1.82, 2.24) is 15.1 Å². The molecule has 1 heterocycles. The Morgan fingerprint density at radius 2 is 2.30 bits per heavy atom. The number of aromatic nitrogens is 2. The molecule has 0 radical (unpaired) electrons. The van der Waals surface area contributed by atoms with Gasteiger partial charge in [0, 0.05) is 12.7 Å². The number of anilines is 1. The molecule has 0 saturated carbocycles. The summed E-state index contributed by atoms with van der Waals surface area (Å²) in [7, 11) is 0. The number of benzene rings is 1. The highest BCUT2D eigenvalue weighted by Crippen LogP contribution is 2.09. The lowest BCUT2D eigenvalue weighted by atomic mass is 10.2. The van der Waals surface area contributed by atoms with Gasteiger partial charge in [-0.1, -0.05) is 19.1 Å². The van der Waals surface area contributed by atoms with E-state index in [1.165, 1.54) is 12.1 Å². The van der Waals surface area contributed by atoms with E-state index in [0.717, 1.165) is 24.2 Å². The van der Waals surface area contributed by atoms with Crippen LogP contribution in [0.15, 0.2) is 36.7 Å². The van der Waals surface area contributed by atoms with E-state index in [1.54, 1.807) is 16.9 Å². The Balaban J connectivity index is 1.93. The maximum atomic E-state index is 13.1. The van der Waals surface area contributed by atoms with Crippen LogP contribution in [0.4, 0.5) is 10.1 Å². The van der Waals surface area contributed by atoms with Crippen LogP contribution in [0.1, 0.15) is 18.9 Å². The van der Waals surface area contributed by atoms with E-state index >= 15 is 0 Å². The summed E-state index contributed by atoms with van der Waals surface area (Å²) >= 11 is 5.15. The minimum atomic E-state index is -0.238. The van der Waals surface area contributed by atoms with E-state index in [-0.39, 0.29) is 5.82 Å². The fraction of sp³-hybridized carbons (Fsp3) is 0.286. The van der Waals surface area contributed by atoms with Crippen molar-refractivity contribution in [2.45, 2.75) is 19.9 Å². The third-order valence-corrected chi connectivity index (χ3v) is 2.91. The minimum Gasteiger partial charge on any atom is -0.362 e. The first-order valence-electron chi connectivity index (χ1n) is 6.49. The Morgan fingerprint density at radius 1 is 1.45 bits per heavy atom. The van der Waals surface area contributed by atoms with Crippen LogP contribution in [-0.2, 0) is 6.54 Å². The molecule has 0 saturated heterocycles. The van der Waals surface area contributed by atoms with Crippen molar-refractivity contribution < 1.29 is 4.39 Å². The first-order chi connectivity index (χ1) is 9.67. The molecule has 0 aliphatic rings. The molecule has 0 aliphatic heterocycles. The molecule has 0 spiro atoms. The van der Waals surface area contributed by atoms with Gasteiger partial charge in [-0.2, -0.15) is 5.10 Å². The first-order valence-corrected chi connectivity index (χ1v) is 6.90. The fourth-order valence-corrected chi connectivity index (χ4v) is 1.97. The molecule has 1 aromatic heterocycles. The highest BCUT2D eigenvalue weighted by atomic mass is 32.1. The van der Waals surface area contributed by atoms with Crippen LogP contribution in [0.3, 0.4) is 0 Å². The zero-order chi connectivity index (χ0) is 14.4. The van der Waals surface area contributed by atoms with Crippen molar-refractivity contribution in [3.05, 3.63) is 48.0 Å². The third-order valence-electron chi connectivity index (χ3n) is 2.66. The molecule has 0 unspecified atom stereocenters. The van der Waals surface area contributed by atoms with Gasteiger partial charge in [-0.25, -0.2) is 4.39 Å². The van der Waals surface area contributed by atoms with Gasteiger partial charge in [-0.3, -0.25) is 4.68 Å². The molecule has 4 nitrogen and oxygen atoms in total. The smallest absolute Gasteiger partial charge is 0.170 e. The van der Waals surface area contributed by atoms with Crippen LogP contribution in [0.2, 0.25) is 0 Å². The van der Waals surface area contributed by atoms with Gasteiger partial charge in [0.15, 0.2) is 5.11 Å². The topological polar surface area (TPSA) is 41.9 Å². The zero-order valence-electron chi connectivity index (χ0n) is 11.3. The number of hydrogen-bond acceptors (Lipinski definition) is 2. The maximum absolute atomic E-state index is 13.1. The van der Waals surface area contributed by atoms with E-state index in [2.05, 4.69) is 22.7 Å². The Bertz CT molecular complexity index is 582. The number of nitrogens with one attached hydrogen (secondary N) is 2. The van der Waals surface area contributed by atoms with E-state index < -0.39 is 0 Å². The van der Waals surface area contributed by atoms with Gasteiger partial charge in [0.1, 0.15) is 5.82 Å². The first kappa shape index (κ1) is 14.5. The highest BCUT2D eigenvalue weighted by molar-refractivity contribution is 7.80. The van der Waals surface area contributed by atoms with E-state index in [9.17, 15) is 4.39 Å². The molecule has 0 aliphatic carbocycles. The molecule has 20 heavy (non-hydrogen) atoms. The summed E-state index contributed by atoms with van der Waals surface area (Å²) in [5, 5.41) is 10.9. The second kappa shape index (κ2) is 7.00. The second-order valence-corrected chi connectivity index (χ2v) is 4.85. The molecule has 0 atom stereocenters. The van der Waals surface area contributed by atoms with Crippen LogP contribution in [0.5, 0.6) is 0 Å². The molecule has 1 aromatic carbocycles. The van der Waals surface area contributed by atoms with Crippen LogP contribution in [-0.4, -0.2) is 21.4 Å². The lowest BCUT2D eigenvalue weighted by Gasteiger charge is -2.07. The third kappa shape index (κ3) is 4.31. The molecule has 2 rings (SSSR count). The summed E-state index contributed by atoms with van der Waals surface area (Å²) in [5.41, 5.74) is 1.68. The van der Waals surface area contributed by atoms with Crippen LogP contribution in [0.25, 0.3) is 0 Å². The predicted molar refractivity (Wildman–Crippen MR) is 82.2 cm³/mol. The molecule has 2 N–H and O–H groups in total. The Labute approximate surface area is 123 Å². The fourth-order valence-electron chi connectivity index (χ4n) is 1.75. The maximum Gasteiger partial charge on any atom is 0.170 e. The summed E-state index contributed by atoms with van der Waals surface area (Å²) in [6.07, 6.45) is 4.55. The minimum absolute atomic E-state index is 0.238.